The van der Waals surface area contributed by atoms with Crippen molar-refractivity contribution in [1.82, 2.24) is 0 Å². The van der Waals surface area contributed by atoms with Gasteiger partial charge in [-0.1, -0.05) is 0 Å². The van der Waals surface area contributed by atoms with Crippen LogP contribution in [0.1, 0.15) is 5.56 Å². The van der Waals surface area contributed by atoms with Gasteiger partial charge in [0.05, 0.1) is 53.1 Å². The van der Waals surface area contributed by atoms with Crippen molar-refractivity contribution in [3.8, 4) is 17.2 Å². The molecule has 1 aliphatic heterocycles. The lowest BCUT2D eigenvalue weighted by molar-refractivity contribution is -0.914. The molecular weight excluding hydrogens is 316 g/mol. The van der Waals surface area contributed by atoms with Crippen molar-refractivity contribution in [2.45, 2.75) is 6.54 Å². The second-order valence-corrected chi connectivity index (χ2v) is 6.29. The smallest absolute Gasteiger partial charge is 0.127 e. The van der Waals surface area contributed by atoms with Gasteiger partial charge < -0.3 is 24.0 Å². The van der Waals surface area contributed by atoms with Crippen LogP contribution in [0.5, 0.6) is 17.2 Å². The van der Waals surface area contributed by atoms with Crippen LogP contribution in [0.25, 0.3) is 0 Å². The highest BCUT2D eigenvalue weighted by Crippen LogP contribution is 2.23. The lowest BCUT2D eigenvalue weighted by atomic mass is 10.1. The van der Waals surface area contributed by atoms with E-state index in [1.165, 1.54) is 11.3 Å². The van der Waals surface area contributed by atoms with Crippen molar-refractivity contribution in [2.24, 2.45) is 0 Å². The summed E-state index contributed by atoms with van der Waals surface area (Å²) in [5, 5.41) is 0. The Morgan fingerprint density at radius 2 is 1.48 bits per heavy atom. The maximum absolute atomic E-state index is 5.51. The molecule has 0 amide bonds. The Labute approximate surface area is 149 Å². The zero-order valence-corrected chi connectivity index (χ0v) is 15.2. The molecule has 1 heterocycles. The van der Waals surface area contributed by atoms with E-state index in [9.17, 15) is 0 Å². The maximum Gasteiger partial charge on any atom is 0.127 e. The molecule has 2 aromatic rings. The first-order valence-electron chi connectivity index (χ1n) is 8.67. The van der Waals surface area contributed by atoms with E-state index >= 15 is 0 Å². The molecule has 1 saturated heterocycles. The lowest BCUT2D eigenvalue weighted by Crippen LogP contribution is -3.13. The average molecular weight is 343 g/mol. The lowest BCUT2D eigenvalue weighted by Gasteiger charge is -2.34. The molecule has 0 unspecified atom stereocenters. The molecule has 0 bridgehead atoms. The zero-order chi connectivity index (χ0) is 17.6. The minimum absolute atomic E-state index is 0.882. The molecule has 0 aliphatic carbocycles. The van der Waals surface area contributed by atoms with Crippen molar-refractivity contribution in [1.29, 1.82) is 0 Å². The topological polar surface area (TPSA) is 35.4 Å². The Morgan fingerprint density at radius 1 is 0.840 bits per heavy atom. The van der Waals surface area contributed by atoms with Crippen LogP contribution >= 0.6 is 0 Å². The van der Waals surface area contributed by atoms with Gasteiger partial charge in [0.2, 0.25) is 0 Å². The predicted octanol–water partition coefficient (Wildman–Crippen LogP) is 1.62. The van der Waals surface area contributed by atoms with Crippen LogP contribution < -0.4 is 24.0 Å². The summed E-state index contributed by atoms with van der Waals surface area (Å²) in [6.45, 7) is 5.26. The van der Waals surface area contributed by atoms with E-state index in [1.54, 1.807) is 26.2 Å². The number of methoxy groups -OCH3 is 3. The van der Waals surface area contributed by atoms with Gasteiger partial charge in [-0.05, 0) is 42.5 Å². The predicted molar refractivity (Wildman–Crippen MR) is 99.2 cm³/mol. The molecule has 5 nitrogen and oxygen atoms in total. The molecular formula is C20H27N2O3+. The monoisotopic (exact) mass is 343 g/mol. The van der Waals surface area contributed by atoms with Gasteiger partial charge in [-0.25, -0.2) is 0 Å². The maximum atomic E-state index is 5.51. The van der Waals surface area contributed by atoms with Crippen molar-refractivity contribution in [3.63, 3.8) is 0 Å². The van der Waals surface area contributed by atoms with Crippen molar-refractivity contribution in [3.05, 3.63) is 48.0 Å². The SMILES string of the molecule is COc1ccc(N2CC[NH+](Cc3cc(OC)ccc3OC)CC2)cc1. The molecule has 0 atom stereocenters. The normalized spacial score (nSPS) is 15.1. The minimum atomic E-state index is 0.882. The largest absolute Gasteiger partial charge is 0.497 e. The van der Waals surface area contributed by atoms with Gasteiger partial charge in [0.15, 0.2) is 0 Å². The van der Waals surface area contributed by atoms with Gasteiger partial charge in [0, 0.05) is 5.69 Å². The number of nitrogens with one attached hydrogen (secondary N) is 1. The van der Waals surface area contributed by atoms with Gasteiger partial charge in [-0.15, -0.1) is 0 Å². The molecule has 2 aromatic carbocycles. The van der Waals surface area contributed by atoms with Crippen LogP contribution in [-0.4, -0.2) is 47.5 Å². The number of piperazine rings is 1. The van der Waals surface area contributed by atoms with Crippen LogP contribution in [0.4, 0.5) is 5.69 Å². The number of hydrogen-bond donors (Lipinski definition) is 1. The van der Waals surface area contributed by atoms with Crippen LogP contribution in [-0.2, 0) is 6.54 Å². The van der Waals surface area contributed by atoms with Gasteiger partial charge in [-0.3, -0.25) is 0 Å². The summed E-state index contributed by atoms with van der Waals surface area (Å²) in [5.74, 6) is 2.72. The van der Waals surface area contributed by atoms with Gasteiger partial charge in [-0.2, -0.15) is 0 Å². The molecule has 0 radical (unpaired) electrons. The van der Waals surface area contributed by atoms with E-state index in [0.717, 1.165) is 50.0 Å². The fourth-order valence-corrected chi connectivity index (χ4v) is 3.34. The Morgan fingerprint density at radius 3 is 2.08 bits per heavy atom. The summed E-state index contributed by atoms with van der Waals surface area (Å²) >= 11 is 0. The number of anilines is 1. The molecule has 5 heteroatoms. The third-order valence-electron chi connectivity index (χ3n) is 4.84. The Hall–Kier alpha value is -2.40. The Balaban J connectivity index is 1.60. The molecule has 3 rings (SSSR count). The summed E-state index contributed by atoms with van der Waals surface area (Å²) in [6.07, 6.45) is 0. The van der Waals surface area contributed by atoms with E-state index in [4.69, 9.17) is 14.2 Å². The first-order chi connectivity index (χ1) is 12.2. The van der Waals surface area contributed by atoms with Crippen LogP contribution in [0, 0.1) is 0 Å². The Kier molecular flexibility index (Phi) is 5.66. The van der Waals surface area contributed by atoms with Gasteiger partial charge in [0.1, 0.15) is 23.8 Å². The third kappa shape index (κ3) is 4.17. The first kappa shape index (κ1) is 17.4. The minimum Gasteiger partial charge on any atom is -0.497 e. The standard InChI is InChI=1S/C20H26N2O3/c1-23-18-6-4-17(5-7-18)22-12-10-21(11-13-22)15-16-14-19(24-2)8-9-20(16)25-3/h4-9,14H,10-13,15H2,1-3H3/p+1. The fraction of sp³-hybridized carbons (Fsp3) is 0.400. The first-order valence-corrected chi connectivity index (χ1v) is 8.67. The highest BCUT2D eigenvalue weighted by atomic mass is 16.5. The number of rotatable bonds is 6. The van der Waals surface area contributed by atoms with Crippen molar-refractivity contribution in [2.75, 3.05) is 52.4 Å². The molecule has 1 fully saturated rings. The average Bonchev–Trinajstić information content (AvgIpc) is 2.68. The summed E-state index contributed by atoms with van der Waals surface area (Å²) < 4.78 is 16.1. The molecule has 0 saturated carbocycles. The van der Waals surface area contributed by atoms with E-state index < -0.39 is 0 Å². The van der Waals surface area contributed by atoms with Crippen molar-refractivity contribution >= 4 is 5.69 Å². The Bertz CT molecular complexity index is 680. The van der Waals surface area contributed by atoms with Crippen LogP contribution in [0.3, 0.4) is 0 Å². The molecule has 1 N–H and O–H groups in total. The second kappa shape index (κ2) is 8.12. The quantitative estimate of drug-likeness (QED) is 0.865. The van der Waals surface area contributed by atoms with Gasteiger partial charge in [0.25, 0.3) is 0 Å². The van der Waals surface area contributed by atoms with Crippen molar-refractivity contribution < 1.29 is 19.1 Å². The zero-order valence-electron chi connectivity index (χ0n) is 15.2. The summed E-state index contributed by atoms with van der Waals surface area (Å²) in [7, 11) is 5.12. The summed E-state index contributed by atoms with van der Waals surface area (Å²) in [6, 6.07) is 14.3. The van der Waals surface area contributed by atoms with Crippen LogP contribution in [0.2, 0.25) is 0 Å². The molecule has 0 spiro atoms. The highest BCUT2D eigenvalue weighted by molar-refractivity contribution is 5.49. The number of quaternary nitrogens is 1. The second-order valence-electron chi connectivity index (χ2n) is 6.29. The van der Waals surface area contributed by atoms with Gasteiger partial charge >= 0.3 is 0 Å². The number of nitrogens with zero attached hydrogens (tertiary/aromatic N) is 1. The van der Waals surface area contributed by atoms with Crippen LogP contribution in [0.15, 0.2) is 42.5 Å². The van der Waals surface area contributed by atoms with E-state index in [1.807, 2.05) is 24.3 Å². The number of hydrogen-bond acceptors (Lipinski definition) is 4. The van der Waals surface area contributed by atoms with E-state index in [0.29, 0.717) is 0 Å². The summed E-state index contributed by atoms with van der Waals surface area (Å²) in [5.41, 5.74) is 2.47. The molecule has 25 heavy (non-hydrogen) atoms. The fourth-order valence-electron chi connectivity index (χ4n) is 3.34. The third-order valence-corrected chi connectivity index (χ3v) is 4.84. The summed E-state index contributed by atoms with van der Waals surface area (Å²) in [4.78, 5) is 4.00. The van der Waals surface area contributed by atoms with E-state index in [2.05, 4.69) is 23.1 Å². The molecule has 1 aliphatic rings. The number of benzene rings is 2. The highest BCUT2D eigenvalue weighted by Gasteiger charge is 2.21. The number of ether oxygens (including phenoxy) is 3. The molecule has 0 aromatic heterocycles. The molecule has 134 valence electrons. The van der Waals surface area contributed by atoms with E-state index in [-0.39, 0.29) is 0 Å².